The van der Waals surface area contributed by atoms with Crippen molar-refractivity contribution in [3.05, 3.63) is 59.7 Å². The number of hydrogen-bond donors (Lipinski definition) is 2. The molecular weight excluding hydrogens is 510 g/mol. The lowest BCUT2D eigenvalue weighted by molar-refractivity contribution is -0.274. The van der Waals surface area contributed by atoms with Gasteiger partial charge in [0.25, 0.3) is 0 Å². The predicted octanol–water partition coefficient (Wildman–Crippen LogP) is 3.67. The lowest BCUT2D eigenvalue weighted by Crippen LogP contribution is -2.22. The topological polar surface area (TPSA) is 93.8 Å². The Kier molecular flexibility index (Phi) is 8.54. The van der Waals surface area contributed by atoms with Gasteiger partial charge in [-0.15, -0.1) is 37.1 Å². The SMILES string of the molecule is CS(=O)(=O)Cc1ccccc1CN=C(N)Nc1ccc(OC(F)(F)F)cc1.I. The van der Waals surface area contributed by atoms with Crippen LogP contribution in [0.2, 0.25) is 0 Å². The summed E-state index contributed by atoms with van der Waals surface area (Å²) in [6.45, 7) is 0.153. The molecule has 0 saturated carbocycles. The first-order valence-corrected chi connectivity index (χ1v) is 9.75. The first-order valence-electron chi connectivity index (χ1n) is 7.69. The van der Waals surface area contributed by atoms with Crippen molar-refractivity contribution in [2.75, 3.05) is 11.6 Å². The van der Waals surface area contributed by atoms with Crippen LogP contribution in [-0.4, -0.2) is 27.0 Å². The maximum Gasteiger partial charge on any atom is 0.573 e. The molecule has 0 aromatic heterocycles. The number of nitrogens with two attached hydrogens (primary N) is 1. The fraction of sp³-hybridized carbons (Fsp3) is 0.235. The van der Waals surface area contributed by atoms with E-state index < -0.39 is 16.2 Å². The Labute approximate surface area is 177 Å². The number of rotatable bonds is 6. The number of nitrogens with zero attached hydrogens (tertiary/aromatic N) is 1. The minimum atomic E-state index is -4.76. The van der Waals surface area contributed by atoms with Crippen LogP contribution in [0.4, 0.5) is 18.9 Å². The molecule has 0 radical (unpaired) electrons. The van der Waals surface area contributed by atoms with Gasteiger partial charge in [-0.2, -0.15) is 0 Å². The zero-order valence-corrected chi connectivity index (χ0v) is 17.9. The van der Waals surface area contributed by atoms with Crippen LogP contribution in [0.15, 0.2) is 53.5 Å². The van der Waals surface area contributed by atoms with Crippen LogP contribution in [-0.2, 0) is 22.1 Å². The fourth-order valence-electron chi connectivity index (χ4n) is 2.23. The molecule has 28 heavy (non-hydrogen) atoms. The predicted molar refractivity (Wildman–Crippen MR) is 112 cm³/mol. The average molecular weight is 529 g/mol. The molecular formula is C17H19F3IN3O3S. The Hall–Kier alpha value is -2.02. The number of aliphatic imine (C=N–C) groups is 1. The number of anilines is 1. The maximum atomic E-state index is 12.1. The number of guanidine groups is 1. The highest BCUT2D eigenvalue weighted by Crippen LogP contribution is 2.23. The van der Waals surface area contributed by atoms with Gasteiger partial charge in [0, 0.05) is 11.9 Å². The van der Waals surface area contributed by atoms with Crippen LogP contribution in [0, 0.1) is 0 Å². The molecule has 0 atom stereocenters. The molecule has 0 heterocycles. The molecule has 0 aliphatic carbocycles. The van der Waals surface area contributed by atoms with E-state index in [2.05, 4.69) is 15.0 Å². The quantitative estimate of drug-likeness (QED) is 0.339. The van der Waals surface area contributed by atoms with Crippen LogP contribution < -0.4 is 15.8 Å². The zero-order valence-electron chi connectivity index (χ0n) is 14.7. The van der Waals surface area contributed by atoms with Crippen molar-refractivity contribution >= 4 is 45.5 Å². The Morgan fingerprint density at radius 2 is 1.68 bits per heavy atom. The average Bonchev–Trinajstić information content (AvgIpc) is 2.53. The maximum absolute atomic E-state index is 12.1. The van der Waals surface area contributed by atoms with E-state index in [4.69, 9.17) is 5.73 Å². The number of halogens is 4. The van der Waals surface area contributed by atoms with Crippen molar-refractivity contribution in [3.8, 4) is 5.75 Å². The summed E-state index contributed by atoms with van der Waals surface area (Å²) < 4.78 is 63.2. The molecule has 2 aromatic rings. The molecule has 0 saturated heterocycles. The summed E-state index contributed by atoms with van der Waals surface area (Å²) in [5, 5.41) is 2.74. The third-order valence-electron chi connectivity index (χ3n) is 3.32. The number of alkyl halides is 3. The normalized spacial score (nSPS) is 12.2. The van der Waals surface area contributed by atoms with Crippen molar-refractivity contribution in [2.45, 2.75) is 18.7 Å². The van der Waals surface area contributed by atoms with E-state index in [0.29, 0.717) is 16.8 Å². The molecule has 0 aliphatic rings. The summed E-state index contributed by atoms with van der Waals surface area (Å²) in [7, 11) is -3.19. The molecule has 0 aliphatic heterocycles. The van der Waals surface area contributed by atoms with Gasteiger partial charge in [0.2, 0.25) is 0 Å². The first-order chi connectivity index (χ1) is 12.5. The molecule has 6 nitrogen and oxygen atoms in total. The Morgan fingerprint density at radius 3 is 2.21 bits per heavy atom. The van der Waals surface area contributed by atoms with Crippen LogP contribution in [0.5, 0.6) is 5.75 Å². The first kappa shape index (κ1) is 24.0. The van der Waals surface area contributed by atoms with Gasteiger partial charge in [-0.3, -0.25) is 0 Å². The summed E-state index contributed by atoms with van der Waals surface area (Å²) in [6.07, 6.45) is -3.61. The third kappa shape index (κ3) is 8.78. The van der Waals surface area contributed by atoms with Gasteiger partial charge < -0.3 is 15.8 Å². The van der Waals surface area contributed by atoms with Gasteiger partial charge in [0.15, 0.2) is 15.8 Å². The second-order valence-electron chi connectivity index (χ2n) is 5.74. The summed E-state index contributed by atoms with van der Waals surface area (Å²) in [6, 6.07) is 12.0. The third-order valence-corrected chi connectivity index (χ3v) is 4.15. The molecule has 0 spiro atoms. The van der Waals surface area contributed by atoms with Crippen LogP contribution in [0.1, 0.15) is 11.1 Å². The lowest BCUT2D eigenvalue weighted by Gasteiger charge is -2.10. The highest BCUT2D eigenvalue weighted by Gasteiger charge is 2.30. The van der Waals surface area contributed by atoms with Crippen molar-refractivity contribution in [1.29, 1.82) is 0 Å². The molecule has 0 fully saturated rings. The Morgan fingerprint density at radius 1 is 1.11 bits per heavy atom. The second kappa shape index (κ2) is 9.96. The molecule has 2 rings (SSSR count). The van der Waals surface area contributed by atoms with Gasteiger partial charge in [-0.25, -0.2) is 13.4 Å². The van der Waals surface area contributed by atoms with E-state index in [-0.39, 0.29) is 48.0 Å². The monoisotopic (exact) mass is 529 g/mol. The van der Waals surface area contributed by atoms with Crippen LogP contribution in [0.3, 0.4) is 0 Å². The molecule has 154 valence electrons. The molecule has 3 N–H and O–H groups in total. The summed E-state index contributed by atoms with van der Waals surface area (Å²) in [5.74, 6) is -0.418. The standard InChI is InChI=1S/C17H18F3N3O3S.HI/c1-27(24,25)11-13-5-3-2-4-12(13)10-22-16(21)23-14-6-8-15(9-7-14)26-17(18,19)20;/h2-9H,10-11H2,1H3,(H3,21,22,23);1H. The number of sulfone groups is 1. The van der Waals surface area contributed by atoms with Crippen LogP contribution in [0.25, 0.3) is 0 Å². The van der Waals surface area contributed by atoms with Gasteiger partial charge in [-0.1, -0.05) is 24.3 Å². The molecule has 2 aromatic carbocycles. The van der Waals surface area contributed by atoms with Crippen molar-refractivity contribution in [3.63, 3.8) is 0 Å². The number of benzene rings is 2. The van der Waals surface area contributed by atoms with Crippen molar-refractivity contribution in [1.82, 2.24) is 0 Å². The molecule has 0 amide bonds. The fourth-order valence-corrected chi connectivity index (χ4v) is 3.08. The van der Waals surface area contributed by atoms with E-state index in [1.807, 2.05) is 0 Å². The van der Waals surface area contributed by atoms with Gasteiger partial charge in [0.1, 0.15) is 5.75 Å². The molecule has 0 bridgehead atoms. The number of hydrogen-bond acceptors (Lipinski definition) is 4. The highest BCUT2D eigenvalue weighted by molar-refractivity contribution is 14.0. The van der Waals surface area contributed by atoms with E-state index in [1.165, 1.54) is 12.1 Å². The molecule has 11 heteroatoms. The second-order valence-corrected chi connectivity index (χ2v) is 7.88. The van der Waals surface area contributed by atoms with Gasteiger partial charge in [0.05, 0.1) is 12.3 Å². The van der Waals surface area contributed by atoms with E-state index in [0.717, 1.165) is 18.4 Å². The van der Waals surface area contributed by atoms with E-state index >= 15 is 0 Å². The smallest absolute Gasteiger partial charge is 0.406 e. The Bertz CT molecular complexity index is 917. The lowest BCUT2D eigenvalue weighted by atomic mass is 10.1. The Balaban J connectivity index is 0.00000392. The van der Waals surface area contributed by atoms with E-state index in [1.54, 1.807) is 24.3 Å². The minimum Gasteiger partial charge on any atom is -0.406 e. The van der Waals surface area contributed by atoms with Crippen molar-refractivity contribution < 1.29 is 26.3 Å². The number of nitrogens with one attached hydrogen (secondary N) is 1. The van der Waals surface area contributed by atoms with Crippen LogP contribution >= 0.6 is 24.0 Å². The van der Waals surface area contributed by atoms with Crippen molar-refractivity contribution in [2.24, 2.45) is 10.7 Å². The highest BCUT2D eigenvalue weighted by atomic mass is 127. The number of ether oxygens (including phenoxy) is 1. The largest absolute Gasteiger partial charge is 0.573 e. The molecule has 0 unspecified atom stereocenters. The van der Waals surface area contributed by atoms with Gasteiger partial charge in [-0.05, 0) is 35.4 Å². The summed E-state index contributed by atoms with van der Waals surface area (Å²) >= 11 is 0. The summed E-state index contributed by atoms with van der Waals surface area (Å²) in [4.78, 5) is 4.14. The minimum absolute atomic E-state index is 0. The van der Waals surface area contributed by atoms with E-state index in [9.17, 15) is 21.6 Å². The summed E-state index contributed by atoms with van der Waals surface area (Å²) in [5.41, 5.74) is 7.55. The zero-order chi connectivity index (χ0) is 20.1. The van der Waals surface area contributed by atoms with Gasteiger partial charge >= 0.3 is 6.36 Å².